The van der Waals surface area contributed by atoms with Crippen molar-refractivity contribution in [3.63, 3.8) is 0 Å². The number of aromatic nitrogens is 1. The van der Waals surface area contributed by atoms with E-state index in [-0.39, 0.29) is 17.2 Å². The number of benzene rings is 1. The molecule has 0 fully saturated rings. The van der Waals surface area contributed by atoms with E-state index < -0.39 is 5.97 Å². The number of nitrogens with zero attached hydrogens (tertiary/aromatic N) is 1. The Hall–Kier alpha value is -2.27. The van der Waals surface area contributed by atoms with Gasteiger partial charge < -0.3 is 14.6 Å². The van der Waals surface area contributed by atoms with Gasteiger partial charge in [0.2, 0.25) is 5.88 Å². The lowest BCUT2D eigenvalue weighted by atomic mass is 10.2. The molecule has 5 nitrogen and oxygen atoms in total. The fourth-order valence-electron chi connectivity index (χ4n) is 1.57. The Balaban J connectivity index is 2.10. The number of aromatic carboxylic acids is 1. The molecule has 20 heavy (non-hydrogen) atoms. The van der Waals surface area contributed by atoms with Gasteiger partial charge in [-0.05, 0) is 24.3 Å². The van der Waals surface area contributed by atoms with Gasteiger partial charge >= 0.3 is 5.97 Å². The van der Waals surface area contributed by atoms with Crippen molar-refractivity contribution in [2.45, 2.75) is 6.61 Å². The standard InChI is InChI=1S/C14H12ClNO4/c1-19-13-4-2-3-9(16-13)8-20-10-5-6-12(15)11(7-10)14(17)18/h2-7H,8H2,1H3,(H,17,18). The summed E-state index contributed by atoms with van der Waals surface area (Å²) in [5.74, 6) is -0.190. The molecule has 2 rings (SSSR count). The lowest BCUT2D eigenvalue weighted by Crippen LogP contribution is -2.02. The first-order chi connectivity index (χ1) is 9.60. The SMILES string of the molecule is COc1cccc(COc2ccc(Cl)c(C(=O)O)c2)n1. The summed E-state index contributed by atoms with van der Waals surface area (Å²) >= 11 is 5.78. The van der Waals surface area contributed by atoms with Crippen LogP contribution in [0.1, 0.15) is 16.1 Å². The molecule has 0 amide bonds. The zero-order valence-electron chi connectivity index (χ0n) is 10.7. The smallest absolute Gasteiger partial charge is 0.337 e. The summed E-state index contributed by atoms with van der Waals surface area (Å²) in [6, 6.07) is 9.79. The molecule has 1 aromatic heterocycles. The lowest BCUT2D eigenvalue weighted by Gasteiger charge is -2.08. The summed E-state index contributed by atoms with van der Waals surface area (Å²) in [6.07, 6.45) is 0. The van der Waals surface area contributed by atoms with Gasteiger partial charge in [-0.3, -0.25) is 0 Å². The molecular weight excluding hydrogens is 282 g/mol. The maximum Gasteiger partial charge on any atom is 0.337 e. The molecule has 0 unspecified atom stereocenters. The van der Waals surface area contributed by atoms with E-state index >= 15 is 0 Å². The van der Waals surface area contributed by atoms with Crippen LogP contribution in [0, 0.1) is 0 Å². The molecule has 2 aromatic rings. The van der Waals surface area contributed by atoms with E-state index in [1.165, 1.54) is 19.2 Å². The summed E-state index contributed by atoms with van der Waals surface area (Å²) in [5.41, 5.74) is 0.680. The number of carboxylic acids is 1. The highest BCUT2D eigenvalue weighted by molar-refractivity contribution is 6.33. The predicted octanol–water partition coefficient (Wildman–Crippen LogP) is 3.02. The molecule has 0 spiro atoms. The van der Waals surface area contributed by atoms with Crippen molar-refractivity contribution in [2.75, 3.05) is 7.11 Å². The third-order valence-corrected chi connectivity index (χ3v) is 2.87. The fraction of sp³-hybridized carbons (Fsp3) is 0.143. The number of rotatable bonds is 5. The van der Waals surface area contributed by atoms with Crippen LogP contribution < -0.4 is 9.47 Å². The van der Waals surface area contributed by atoms with E-state index in [1.807, 2.05) is 0 Å². The molecule has 0 radical (unpaired) electrons. The Morgan fingerprint density at radius 1 is 1.35 bits per heavy atom. The van der Waals surface area contributed by atoms with Crippen LogP contribution in [0.15, 0.2) is 36.4 Å². The highest BCUT2D eigenvalue weighted by Crippen LogP contribution is 2.22. The van der Waals surface area contributed by atoms with Gasteiger partial charge in [-0.1, -0.05) is 17.7 Å². The van der Waals surface area contributed by atoms with Crippen molar-refractivity contribution >= 4 is 17.6 Å². The van der Waals surface area contributed by atoms with Crippen LogP contribution in [-0.4, -0.2) is 23.2 Å². The molecular formula is C14H12ClNO4. The van der Waals surface area contributed by atoms with Crippen LogP contribution in [0.4, 0.5) is 0 Å². The molecule has 0 saturated carbocycles. The van der Waals surface area contributed by atoms with Gasteiger partial charge in [0.25, 0.3) is 0 Å². The Kier molecular flexibility index (Phi) is 4.42. The lowest BCUT2D eigenvalue weighted by molar-refractivity contribution is 0.0696. The second-order valence-electron chi connectivity index (χ2n) is 3.91. The van der Waals surface area contributed by atoms with Crippen molar-refractivity contribution in [1.82, 2.24) is 4.98 Å². The molecule has 0 aliphatic rings. The quantitative estimate of drug-likeness (QED) is 0.917. The number of ether oxygens (including phenoxy) is 2. The number of carbonyl (C=O) groups is 1. The zero-order valence-corrected chi connectivity index (χ0v) is 11.4. The minimum absolute atomic E-state index is 0.00256. The minimum atomic E-state index is -1.10. The number of hydrogen-bond acceptors (Lipinski definition) is 4. The molecule has 104 valence electrons. The monoisotopic (exact) mass is 293 g/mol. The second-order valence-corrected chi connectivity index (χ2v) is 4.31. The average Bonchev–Trinajstić information content (AvgIpc) is 2.46. The van der Waals surface area contributed by atoms with Gasteiger partial charge in [-0.25, -0.2) is 9.78 Å². The van der Waals surface area contributed by atoms with E-state index in [0.717, 1.165) is 0 Å². The largest absolute Gasteiger partial charge is 0.487 e. The Labute approximate surface area is 120 Å². The third-order valence-electron chi connectivity index (χ3n) is 2.55. The van der Waals surface area contributed by atoms with Crippen LogP contribution in [0.2, 0.25) is 5.02 Å². The van der Waals surface area contributed by atoms with E-state index in [1.54, 1.807) is 24.3 Å². The second kappa shape index (κ2) is 6.25. The first-order valence-corrected chi connectivity index (χ1v) is 6.13. The molecule has 0 atom stereocenters. The number of halogens is 1. The van der Waals surface area contributed by atoms with E-state index in [9.17, 15) is 4.79 Å². The summed E-state index contributed by atoms with van der Waals surface area (Å²) in [5, 5.41) is 9.15. The Bertz CT molecular complexity index is 630. The van der Waals surface area contributed by atoms with Crippen molar-refractivity contribution in [1.29, 1.82) is 0 Å². The summed E-state index contributed by atoms with van der Waals surface area (Å²) in [6.45, 7) is 0.206. The number of hydrogen-bond donors (Lipinski definition) is 1. The van der Waals surface area contributed by atoms with E-state index in [2.05, 4.69) is 4.98 Å². The van der Waals surface area contributed by atoms with Gasteiger partial charge in [-0.2, -0.15) is 0 Å². The summed E-state index contributed by atoms with van der Waals surface area (Å²) in [7, 11) is 1.53. The topological polar surface area (TPSA) is 68.7 Å². The van der Waals surface area contributed by atoms with Crippen LogP contribution in [0.5, 0.6) is 11.6 Å². The molecule has 1 N–H and O–H groups in total. The van der Waals surface area contributed by atoms with Crippen LogP contribution in [0.3, 0.4) is 0 Å². The van der Waals surface area contributed by atoms with Gasteiger partial charge in [0.15, 0.2) is 0 Å². The van der Waals surface area contributed by atoms with Crippen molar-refractivity contribution in [3.8, 4) is 11.6 Å². The minimum Gasteiger partial charge on any atom is -0.487 e. The van der Waals surface area contributed by atoms with Gasteiger partial charge in [0.05, 0.1) is 23.4 Å². The fourth-order valence-corrected chi connectivity index (χ4v) is 1.77. The van der Waals surface area contributed by atoms with Gasteiger partial charge in [-0.15, -0.1) is 0 Å². The molecule has 0 aliphatic heterocycles. The van der Waals surface area contributed by atoms with Crippen molar-refractivity contribution < 1.29 is 19.4 Å². The molecule has 1 aromatic carbocycles. The maximum atomic E-state index is 11.0. The van der Waals surface area contributed by atoms with Crippen LogP contribution in [-0.2, 0) is 6.61 Å². The molecule has 0 saturated heterocycles. The predicted molar refractivity (Wildman–Crippen MR) is 73.5 cm³/mol. The molecule has 1 heterocycles. The number of carboxylic acid groups (broad SMARTS) is 1. The zero-order chi connectivity index (χ0) is 14.5. The normalized spacial score (nSPS) is 10.1. The first kappa shape index (κ1) is 14.1. The molecule has 0 bridgehead atoms. The summed E-state index contributed by atoms with van der Waals surface area (Å²) in [4.78, 5) is 15.2. The molecule has 6 heteroatoms. The Morgan fingerprint density at radius 2 is 2.15 bits per heavy atom. The number of pyridine rings is 1. The van der Waals surface area contributed by atoms with E-state index in [0.29, 0.717) is 17.3 Å². The third kappa shape index (κ3) is 3.39. The van der Waals surface area contributed by atoms with Crippen molar-refractivity contribution in [3.05, 3.63) is 52.7 Å². The highest BCUT2D eigenvalue weighted by atomic mass is 35.5. The Morgan fingerprint density at radius 3 is 2.85 bits per heavy atom. The summed E-state index contributed by atoms with van der Waals surface area (Å²) < 4.78 is 10.5. The van der Waals surface area contributed by atoms with Crippen LogP contribution in [0.25, 0.3) is 0 Å². The van der Waals surface area contributed by atoms with Crippen molar-refractivity contribution in [2.24, 2.45) is 0 Å². The molecule has 0 aliphatic carbocycles. The highest BCUT2D eigenvalue weighted by Gasteiger charge is 2.10. The van der Waals surface area contributed by atoms with Crippen LogP contribution >= 0.6 is 11.6 Å². The number of methoxy groups -OCH3 is 1. The first-order valence-electron chi connectivity index (χ1n) is 5.75. The average molecular weight is 294 g/mol. The van der Waals surface area contributed by atoms with E-state index in [4.69, 9.17) is 26.2 Å². The van der Waals surface area contributed by atoms with Gasteiger partial charge in [0.1, 0.15) is 12.4 Å². The van der Waals surface area contributed by atoms with Gasteiger partial charge in [0, 0.05) is 6.07 Å². The maximum absolute atomic E-state index is 11.0.